The van der Waals surface area contributed by atoms with Crippen molar-refractivity contribution in [2.75, 3.05) is 0 Å². The molecule has 1 aromatic heterocycles. The van der Waals surface area contributed by atoms with Crippen LogP contribution in [0.2, 0.25) is 0 Å². The number of aromatic nitrogens is 1. The molecule has 1 heterocycles. The molecule has 0 saturated carbocycles. The molecule has 2 nitrogen and oxygen atoms in total. The largest absolute Gasteiger partial charge is 0.319 e. The first-order chi connectivity index (χ1) is 6.59. The van der Waals surface area contributed by atoms with E-state index in [1.807, 2.05) is 0 Å². The second-order valence-electron chi connectivity index (χ2n) is 2.77. The van der Waals surface area contributed by atoms with Crippen LogP contribution in [-0.4, -0.2) is 4.98 Å². The van der Waals surface area contributed by atoms with Crippen molar-refractivity contribution in [3.63, 3.8) is 0 Å². The van der Waals surface area contributed by atoms with E-state index in [1.165, 1.54) is 12.1 Å². The molecule has 0 spiro atoms. The molecule has 72 valence electrons. The third-order valence-corrected chi connectivity index (χ3v) is 2.66. The number of benzene rings is 1. The maximum absolute atomic E-state index is 13.2. The van der Waals surface area contributed by atoms with Gasteiger partial charge in [-0.2, -0.15) is 0 Å². The van der Waals surface area contributed by atoms with E-state index < -0.39 is 17.2 Å². The van der Waals surface area contributed by atoms with Crippen molar-refractivity contribution in [2.24, 2.45) is 0 Å². The number of hydrogen-bond donors (Lipinski definition) is 1. The Bertz CT molecular complexity index is 564. The lowest BCUT2D eigenvalue weighted by Crippen LogP contribution is -2.04. The zero-order valence-electron chi connectivity index (χ0n) is 6.77. The summed E-state index contributed by atoms with van der Waals surface area (Å²) in [5, 5.41) is 0.308. The van der Waals surface area contributed by atoms with Gasteiger partial charge < -0.3 is 4.98 Å². The van der Waals surface area contributed by atoms with Gasteiger partial charge in [0.1, 0.15) is 11.6 Å². The van der Waals surface area contributed by atoms with Gasteiger partial charge >= 0.3 is 0 Å². The van der Waals surface area contributed by atoms with Gasteiger partial charge in [-0.25, -0.2) is 8.78 Å². The fraction of sp³-hybridized carbons (Fsp3) is 0. The molecule has 0 unspecified atom stereocenters. The predicted octanol–water partition coefficient (Wildman–Crippen LogP) is 2.57. The van der Waals surface area contributed by atoms with E-state index in [4.69, 9.17) is 0 Å². The fourth-order valence-electron chi connectivity index (χ4n) is 1.22. The molecule has 0 saturated heterocycles. The zero-order valence-corrected chi connectivity index (χ0v) is 8.36. The van der Waals surface area contributed by atoms with Crippen molar-refractivity contribution in [3.05, 3.63) is 44.7 Å². The molecular formula is C9H4BrF2NO. The number of nitrogens with one attached hydrogen (secondary N) is 1. The van der Waals surface area contributed by atoms with Crippen molar-refractivity contribution >= 4 is 26.8 Å². The molecule has 0 aliphatic heterocycles. The number of aromatic amines is 1. The van der Waals surface area contributed by atoms with Gasteiger partial charge in [0, 0.05) is 17.5 Å². The minimum Gasteiger partial charge on any atom is -0.319 e. The van der Waals surface area contributed by atoms with E-state index in [-0.39, 0.29) is 9.99 Å². The molecule has 5 heteroatoms. The van der Waals surface area contributed by atoms with Gasteiger partial charge in [-0.1, -0.05) is 0 Å². The number of fused-ring (bicyclic) bond motifs is 1. The molecule has 0 fully saturated rings. The smallest absolute Gasteiger partial charge is 0.248 e. The number of halogens is 3. The summed E-state index contributed by atoms with van der Waals surface area (Å²) < 4.78 is 26.4. The summed E-state index contributed by atoms with van der Waals surface area (Å²) >= 11 is 2.98. The van der Waals surface area contributed by atoms with E-state index >= 15 is 0 Å². The highest BCUT2D eigenvalue weighted by molar-refractivity contribution is 9.10. The molecule has 0 aliphatic rings. The minimum atomic E-state index is -0.779. The molecule has 1 N–H and O–H groups in total. The molecule has 14 heavy (non-hydrogen) atoms. The molecule has 2 aromatic rings. The molecule has 0 bridgehead atoms. The van der Waals surface area contributed by atoms with Crippen LogP contribution in [0.3, 0.4) is 0 Å². The first-order valence-corrected chi connectivity index (χ1v) is 4.55. The van der Waals surface area contributed by atoms with Crippen molar-refractivity contribution < 1.29 is 8.78 Å². The minimum absolute atomic E-state index is 0.00535. The standard InChI is InChI=1S/C9H4BrF2NO/c10-8-4-1-2-7(14)13-9(4)6(12)3-5(8)11/h1-3H,(H,13,14). The summed E-state index contributed by atoms with van der Waals surface area (Å²) in [5.41, 5.74) is -0.416. The van der Waals surface area contributed by atoms with Crippen LogP contribution < -0.4 is 5.56 Å². The highest BCUT2D eigenvalue weighted by atomic mass is 79.9. The Morgan fingerprint density at radius 1 is 1.21 bits per heavy atom. The Kier molecular flexibility index (Phi) is 2.11. The molecule has 0 aliphatic carbocycles. The second-order valence-corrected chi connectivity index (χ2v) is 3.56. The Morgan fingerprint density at radius 3 is 2.64 bits per heavy atom. The first-order valence-electron chi connectivity index (χ1n) is 3.76. The zero-order chi connectivity index (χ0) is 10.3. The Labute approximate surface area is 85.7 Å². The Hall–Kier alpha value is -1.23. The summed E-state index contributed by atoms with van der Waals surface area (Å²) in [6.07, 6.45) is 0. The lowest BCUT2D eigenvalue weighted by molar-refractivity contribution is 0.586. The van der Waals surface area contributed by atoms with Crippen molar-refractivity contribution in [1.29, 1.82) is 0 Å². The number of pyridine rings is 1. The van der Waals surface area contributed by atoms with Crippen LogP contribution in [0.15, 0.2) is 27.5 Å². The van der Waals surface area contributed by atoms with Crippen molar-refractivity contribution in [2.45, 2.75) is 0 Å². The van der Waals surface area contributed by atoms with Gasteiger partial charge in [-0.05, 0) is 22.0 Å². The van der Waals surface area contributed by atoms with Gasteiger partial charge in [0.15, 0.2) is 0 Å². The fourth-order valence-corrected chi connectivity index (χ4v) is 1.67. The first kappa shape index (κ1) is 9.33. The van der Waals surface area contributed by atoms with E-state index in [0.29, 0.717) is 5.39 Å². The van der Waals surface area contributed by atoms with E-state index in [1.54, 1.807) is 0 Å². The van der Waals surface area contributed by atoms with Gasteiger partial charge in [0.25, 0.3) is 0 Å². The lowest BCUT2D eigenvalue weighted by atomic mass is 10.2. The maximum Gasteiger partial charge on any atom is 0.248 e. The van der Waals surface area contributed by atoms with Crippen LogP contribution in [-0.2, 0) is 0 Å². The maximum atomic E-state index is 13.2. The number of rotatable bonds is 0. The molecule has 0 amide bonds. The van der Waals surface area contributed by atoms with Gasteiger partial charge in [0.05, 0.1) is 9.99 Å². The summed E-state index contributed by atoms with van der Waals surface area (Å²) in [6, 6.07) is 3.30. The highest BCUT2D eigenvalue weighted by Crippen LogP contribution is 2.26. The molecule has 1 aromatic carbocycles. The predicted molar refractivity (Wildman–Crippen MR) is 52.2 cm³/mol. The van der Waals surface area contributed by atoms with Crippen molar-refractivity contribution in [3.8, 4) is 0 Å². The van der Waals surface area contributed by atoms with Gasteiger partial charge in [-0.3, -0.25) is 4.79 Å². The average Bonchev–Trinajstić information content (AvgIpc) is 2.14. The van der Waals surface area contributed by atoms with Crippen LogP contribution in [0.5, 0.6) is 0 Å². The normalized spacial score (nSPS) is 10.8. The van der Waals surface area contributed by atoms with Crippen LogP contribution in [0.4, 0.5) is 8.78 Å². The summed E-state index contributed by atoms with van der Waals surface area (Å²) in [5.74, 6) is -1.47. The SMILES string of the molecule is O=c1ccc2c(Br)c(F)cc(F)c2[nH]1. The Balaban J connectivity index is 3.02. The summed E-state index contributed by atoms with van der Waals surface area (Å²) in [6.45, 7) is 0. The molecule has 2 rings (SSSR count). The lowest BCUT2D eigenvalue weighted by Gasteiger charge is -2.02. The summed E-state index contributed by atoms with van der Waals surface area (Å²) in [4.78, 5) is 13.2. The van der Waals surface area contributed by atoms with Crippen LogP contribution >= 0.6 is 15.9 Å². The Morgan fingerprint density at radius 2 is 1.93 bits per heavy atom. The third-order valence-electron chi connectivity index (χ3n) is 1.86. The van der Waals surface area contributed by atoms with Crippen LogP contribution in [0.25, 0.3) is 10.9 Å². The van der Waals surface area contributed by atoms with Crippen molar-refractivity contribution in [1.82, 2.24) is 4.98 Å². The summed E-state index contributed by atoms with van der Waals surface area (Å²) in [7, 11) is 0. The number of H-pyrrole nitrogens is 1. The third kappa shape index (κ3) is 1.33. The average molecular weight is 260 g/mol. The van der Waals surface area contributed by atoms with Gasteiger partial charge in [0.2, 0.25) is 5.56 Å². The quantitative estimate of drug-likeness (QED) is 0.725. The molecular weight excluding hydrogens is 256 g/mol. The monoisotopic (exact) mass is 259 g/mol. The van der Waals surface area contributed by atoms with Crippen LogP contribution in [0, 0.1) is 11.6 Å². The van der Waals surface area contributed by atoms with E-state index in [2.05, 4.69) is 20.9 Å². The number of hydrogen-bond acceptors (Lipinski definition) is 1. The topological polar surface area (TPSA) is 32.9 Å². The van der Waals surface area contributed by atoms with E-state index in [9.17, 15) is 13.6 Å². The second kappa shape index (κ2) is 3.16. The van der Waals surface area contributed by atoms with E-state index in [0.717, 1.165) is 6.07 Å². The van der Waals surface area contributed by atoms with Gasteiger partial charge in [-0.15, -0.1) is 0 Å². The highest BCUT2D eigenvalue weighted by Gasteiger charge is 2.10. The van der Waals surface area contributed by atoms with Crippen LogP contribution in [0.1, 0.15) is 0 Å². The molecule has 0 atom stereocenters. The molecule has 0 radical (unpaired) electrons.